The lowest BCUT2D eigenvalue weighted by atomic mass is 10.1. The monoisotopic (exact) mass is 382 g/mol. The maximum atomic E-state index is 12.0. The molecule has 0 fully saturated rings. The Hall–Kier alpha value is -3.55. The van der Waals surface area contributed by atoms with E-state index in [1.807, 2.05) is 32.0 Å². The molecule has 0 bridgehead atoms. The maximum absolute atomic E-state index is 12.0. The molecule has 8 nitrogen and oxygen atoms in total. The molecule has 0 heterocycles. The zero-order valence-electron chi connectivity index (χ0n) is 16.0. The Kier molecular flexibility index (Phi) is 6.97. The van der Waals surface area contributed by atoms with Gasteiger partial charge in [-0.05, 0) is 32.4 Å². The predicted molar refractivity (Wildman–Crippen MR) is 107 cm³/mol. The van der Waals surface area contributed by atoms with Crippen molar-refractivity contribution in [2.24, 2.45) is 5.10 Å². The summed E-state index contributed by atoms with van der Waals surface area (Å²) in [7, 11) is 0. The van der Waals surface area contributed by atoms with E-state index in [4.69, 9.17) is 0 Å². The van der Waals surface area contributed by atoms with Gasteiger partial charge in [0.2, 0.25) is 11.8 Å². The minimum Gasteiger partial charge on any atom is -0.326 e. The first-order valence-corrected chi connectivity index (χ1v) is 8.71. The molecule has 0 aliphatic rings. The number of anilines is 1. The van der Waals surface area contributed by atoms with E-state index in [0.29, 0.717) is 11.3 Å². The molecule has 0 aliphatic carbocycles. The molecule has 0 radical (unpaired) electrons. The van der Waals surface area contributed by atoms with Crippen molar-refractivity contribution >= 4 is 28.9 Å². The molecule has 2 N–H and O–H groups in total. The van der Waals surface area contributed by atoms with Gasteiger partial charge in [0.15, 0.2) is 0 Å². The Balaban J connectivity index is 1.86. The van der Waals surface area contributed by atoms with Gasteiger partial charge in [0.1, 0.15) is 0 Å². The van der Waals surface area contributed by atoms with Gasteiger partial charge in [0, 0.05) is 36.2 Å². The number of non-ortho nitro benzene ring substituents is 1. The van der Waals surface area contributed by atoms with Gasteiger partial charge in [-0.2, -0.15) is 5.10 Å². The smallest absolute Gasteiger partial charge is 0.270 e. The minimum atomic E-state index is -0.496. The van der Waals surface area contributed by atoms with E-state index in [-0.39, 0.29) is 24.4 Å². The molecule has 0 unspecified atom stereocenters. The number of carbonyl (C=O) groups is 2. The molecule has 0 atom stereocenters. The summed E-state index contributed by atoms with van der Waals surface area (Å²) >= 11 is 0. The van der Waals surface area contributed by atoms with E-state index in [1.54, 1.807) is 19.1 Å². The van der Waals surface area contributed by atoms with Gasteiger partial charge in [-0.15, -0.1) is 0 Å². The summed E-state index contributed by atoms with van der Waals surface area (Å²) in [6, 6.07) is 11.7. The summed E-state index contributed by atoms with van der Waals surface area (Å²) in [5.41, 5.74) is 6.05. The molecule has 0 spiro atoms. The second kappa shape index (κ2) is 9.40. The highest BCUT2D eigenvalue weighted by Crippen LogP contribution is 2.16. The third kappa shape index (κ3) is 6.01. The van der Waals surface area contributed by atoms with Crippen LogP contribution in [0.15, 0.2) is 47.6 Å². The average molecular weight is 382 g/mol. The van der Waals surface area contributed by atoms with Gasteiger partial charge < -0.3 is 5.32 Å². The fourth-order valence-electron chi connectivity index (χ4n) is 2.50. The second-order valence-corrected chi connectivity index (χ2v) is 6.41. The van der Waals surface area contributed by atoms with Gasteiger partial charge in [0.25, 0.3) is 5.69 Å². The summed E-state index contributed by atoms with van der Waals surface area (Å²) in [5.74, 6) is -0.679. The van der Waals surface area contributed by atoms with Gasteiger partial charge in [-0.25, -0.2) is 5.43 Å². The molecule has 0 aliphatic heterocycles. The summed E-state index contributed by atoms with van der Waals surface area (Å²) in [6.45, 7) is 5.51. The molecule has 2 aromatic rings. The number of amides is 2. The predicted octanol–water partition coefficient (Wildman–Crippen LogP) is 3.47. The number of nitro groups is 1. The van der Waals surface area contributed by atoms with Crippen LogP contribution in [-0.2, 0) is 9.59 Å². The van der Waals surface area contributed by atoms with Crippen molar-refractivity contribution in [3.8, 4) is 0 Å². The molecule has 2 rings (SSSR count). The van der Waals surface area contributed by atoms with E-state index >= 15 is 0 Å². The Morgan fingerprint density at radius 3 is 2.46 bits per heavy atom. The van der Waals surface area contributed by atoms with Crippen LogP contribution < -0.4 is 10.7 Å². The van der Waals surface area contributed by atoms with Gasteiger partial charge >= 0.3 is 0 Å². The lowest BCUT2D eigenvalue weighted by Gasteiger charge is -2.09. The molecule has 8 heteroatoms. The molecule has 0 saturated heterocycles. The topological polar surface area (TPSA) is 114 Å². The highest BCUT2D eigenvalue weighted by atomic mass is 16.6. The number of aryl methyl sites for hydroxylation is 2. The first-order chi connectivity index (χ1) is 13.3. The summed E-state index contributed by atoms with van der Waals surface area (Å²) < 4.78 is 0. The second-order valence-electron chi connectivity index (χ2n) is 6.41. The number of hydrogen-bond acceptors (Lipinski definition) is 5. The molecule has 28 heavy (non-hydrogen) atoms. The fraction of sp³-hybridized carbons (Fsp3) is 0.250. The highest BCUT2D eigenvalue weighted by Gasteiger charge is 2.10. The van der Waals surface area contributed by atoms with Crippen LogP contribution in [-0.4, -0.2) is 22.4 Å². The molecule has 0 aromatic heterocycles. The maximum Gasteiger partial charge on any atom is 0.270 e. The largest absolute Gasteiger partial charge is 0.326 e. The Labute approximate surface area is 162 Å². The summed E-state index contributed by atoms with van der Waals surface area (Å²) in [5, 5.41) is 17.5. The van der Waals surface area contributed by atoms with E-state index in [9.17, 15) is 19.7 Å². The Bertz CT molecular complexity index is 938. The van der Waals surface area contributed by atoms with Crippen molar-refractivity contribution in [2.45, 2.75) is 33.6 Å². The van der Waals surface area contributed by atoms with Crippen molar-refractivity contribution in [3.63, 3.8) is 0 Å². The number of benzene rings is 2. The van der Waals surface area contributed by atoms with Gasteiger partial charge in [0.05, 0.1) is 10.6 Å². The number of nitro benzene ring substituents is 1. The zero-order chi connectivity index (χ0) is 20.7. The van der Waals surface area contributed by atoms with Crippen molar-refractivity contribution < 1.29 is 14.5 Å². The quantitative estimate of drug-likeness (QED) is 0.433. The zero-order valence-corrected chi connectivity index (χ0v) is 16.0. The number of nitrogens with zero attached hydrogens (tertiary/aromatic N) is 2. The molecule has 2 amide bonds. The number of hydrazone groups is 1. The normalized spacial score (nSPS) is 11.0. The lowest BCUT2D eigenvalue weighted by Crippen LogP contribution is -2.22. The molecular weight excluding hydrogens is 360 g/mol. The van der Waals surface area contributed by atoms with Crippen molar-refractivity contribution in [1.82, 2.24) is 5.43 Å². The van der Waals surface area contributed by atoms with Gasteiger partial charge in [-0.3, -0.25) is 19.7 Å². The Morgan fingerprint density at radius 2 is 1.79 bits per heavy atom. The van der Waals surface area contributed by atoms with Crippen LogP contribution in [0, 0.1) is 24.0 Å². The fourth-order valence-corrected chi connectivity index (χ4v) is 2.50. The van der Waals surface area contributed by atoms with Crippen LogP contribution in [0.5, 0.6) is 0 Å². The average Bonchev–Trinajstić information content (AvgIpc) is 2.66. The lowest BCUT2D eigenvalue weighted by molar-refractivity contribution is -0.384. The standard InChI is InChI=1S/C20H22N4O4/c1-13-7-8-18(14(2)11-13)21-19(25)9-10-20(26)23-22-15(3)16-5-4-6-17(12-16)24(27)28/h4-8,11-12H,9-10H2,1-3H3,(H,21,25)(H,23,26)/b22-15-. The van der Waals surface area contributed by atoms with Crippen LogP contribution >= 0.6 is 0 Å². The summed E-state index contributed by atoms with van der Waals surface area (Å²) in [4.78, 5) is 34.3. The van der Waals surface area contributed by atoms with E-state index in [1.165, 1.54) is 12.1 Å². The SMILES string of the molecule is C/C(=N/NC(=O)CCC(=O)Nc1ccc(C)cc1C)c1cccc([N+](=O)[O-])c1. The van der Waals surface area contributed by atoms with Crippen LogP contribution in [0.1, 0.15) is 36.5 Å². The molecule has 2 aromatic carbocycles. The molecule has 146 valence electrons. The number of rotatable bonds is 7. The Morgan fingerprint density at radius 1 is 1.07 bits per heavy atom. The first kappa shape index (κ1) is 20.8. The van der Waals surface area contributed by atoms with Crippen molar-refractivity contribution in [2.75, 3.05) is 5.32 Å². The third-order valence-electron chi connectivity index (χ3n) is 4.06. The van der Waals surface area contributed by atoms with E-state index < -0.39 is 10.8 Å². The van der Waals surface area contributed by atoms with Crippen LogP contribution in [0.2, 0.25) is 0 Å². The van der Waals surface area contributed by atoms with Crippen LogP contribution in [0.4, 0.5) is 11.4 Å². The van der Waals surface area contributed by atoms with E-state index in [0.717, 1.165) is 16.8 Å². The van der Waals surface area contributed by atoms with Crippen LogP contribution in [0.25, 0.3) is 0 Å². The van der Waals surface area contributed by atoms with Crippen LogP contribution in [0.3, 0.4) is 0 Å². The van der Waals surface area contributed by atoms with Crippen molar-refractivity contribution in [3.05, 3.63) is 69.3 Å². The molecule has 0 saturated carbocycles. The minimum absolute atomic E-state index is 0.0184. The van der Waals surface area contributed by atoms with Crippen molar-refractivity contribution in [1.29, 1.82) is 0 Å². The number of carbonyl (C=O) groups excluding carboxylic acids is 2. The van der Waals surface area contributed by atoms with E-state index in [2.05, 4.69) is 15.8 Å². The first-order valence-electron chi connectivity index (χ1n) is 8.71. The number of nitrogens with one attached hydrogen (secondary N) is 2. The highest BCUT2D eigenvalue weighted by molar-refractivity contribution is 6.00. The van der Waals surface area contributed by atoms with Gasteiger partial charge in [-0.1, -0.05) is 29.8 Å². The third-order valence-corrected chi connectivity index (χ3v) is 4.06. The molecular formula is C20H22N4O4. The number of hydrogen-bond donors (Lipinski definition) is 2. The summed E-state index contributed by atoms with van der Waals surface area (Å²) in [6.07, 6.45) is -0.00696.